The van der Waals surface area contributed by atoms with Crippen LogP contribution < -0.4 is 5.73 Å². The second kappa shape index (κ2) is 5.47. The molecular formula is C13H20ClN3S. The Balaban J connectivity index is 1.72. The lowest BCUT2D eigenvalue weighted by molar-refractivity contribution is 0.0748. The van der Waals surface area contributed by atoms with Gasteiger partial charge in [-0.25, -0.2) is 0 Å². The number of hydrogen-bond acceptors (Lipinski definition) is 4. The van der Waals surface area contributed by atoms with Gasteiger partial charge in [-0.15, -0.1) is 11.3 Å². The predicted octanol–water partition coefficient (Wildman–Crippen LogP) is 2.18. The van der Waals surface area contributed by atoms with Crippen molar-refractivity contribution in [3.8, 4) is 0 Å². The highest BCUT2D eigenvalue weighted by molar-refractivity contribution is 7.16. The molecule has 0 aliphatic carbocycles. The van der Waals surface area contributed by atoms with Crippen LogP contribution in [0.2, 0.25) is 4.34 Å². The van der Waals surface area contributed by atoms with Crippen LogP contribution in [0.1, 0.15) is 23.8 Å². The van der Waals surface area contributed by atoms with Crippen LogP contribution in [0.15, 0.2) is 12.1 Å². The first kappa shape index (κ1) is 12.9. The molecule has 5 heteroatoms. The Bertz CT molecular complexity index is 409. The summed E-state index contributed by atoms with van der Waals surface area (Å²) in [7, 11) is 0. The van der Waals surface area contributed by atoms with E-state index in [2.05, 4.69) is 15.9 Å². The fourth-order valence-corrected chi connectivity index (χ4v) is 4.46. The van der Waals surface area contributed by atoms with Crippen molar-refractivity contribution in [1.82, 2.24) is 9.80 Å². The van der Waals surface area contributed by atoms with E-state index in [0.29, 0.717) is 12.6 Å². The van der Waals surface area contributed by atoms with Crippen molar-refractivity contribution in [3.05, 3.63) is 21.3 Å². The maximum absolute atomic E-state index is 6.04. The lowest BCUT2D eigenvalue weighted by Crippen LogP contribution is -2.52. The number of fused-ring (bicyclic) bond motifs is 1. The molecule has 2 N–H and O–H groups in total. The molecule has 2 saturated heterocycles. The molecule has 0 amide bonds. The van der Waals surface area contributed by atoms with Crippen LogP contribution in [-0.4, -0.2) is 48.6 Å². The summed E-state index contributed by atoms with van der Waals surface area (Å²) in [6, 6.07) is 5.22. The van der Waals surface area contributed by atoms with Gasteiger partial charge in [0.1, 0.15) is 0 Å². The second-order valence-electron chi connectivity index (χ2n) is 5.22. The molecule has 3 nitrogen and oxygen atoms in total. The summed E-state index contributed by atoms with van der Waals surface area (Å²) in [5.41, 5.74) is 5.99. The van der Waals surface area contributed by atoms with Gasteiger partial charge >= 0.3 is 0 Å². The molecule has 2 fully saturated rings. The molecule has 100 valence electrons. The Kier molecular flexibility index (Phi) is 3.91. The first-order valence-electron chi connectivity index (χ1n) is 6.71. The van der Waals surface area contributed by atoms with E-state index < -0.39 is 0 Å². The number of rotatable bonds is 3. The minimum atomic E-state index is 0.352. The lowest BCUT2D eigenvalue weighted by atomic mass is 10.1. The van der Waals surface area contributed by atoms with Gasteiger partial charge in [-0.1, -0.05) is 11.6 Å². The average molecular weight is 286 g/mol. The van der Waals surface area contributed by atoms with Gasteiger partial charge in [0.15, 0.2) is 0 Å². The molecule has 18 heavy (non-hydrogen) atoms. The number of hydrogen-bond donors (Lipinski definition) is 1. The first-order valence-corrected chi connectivity index (χ1v) is 7.91. The minimum absolute atomic E-state index is 0.352. The second-order valence-corrected chi connectivity index (χ2v) is 6.97. The van der Waals surface area contributed by atoms with E-state index in [1.807, 2.05) is 6.07 Å². The summed E-state index contributed by atoms with van der Waals surface area (Å²) < 4.78 is 0.864. The molecular weight excluding hydrogens is 266 g/mol. The van der Waals surface area contributed by atoms with Gasteiger partial charge in [-0.3, -0.25) is 9.80 Å². The third-order valence-electron chi connectivity index (χ3n) is 4.21. The molecule has 2 aliphatic rings. The fourth-order valence-electron chi connectivity index (χ4n) is 3.25. The Morgan fingerprint density at radius 3 is 3.00 bits per heavy atom. The molecule has 2 atom stereocenters. The van der Waals surface area contributed by atoms with Crippen molar-refractivity contribution in [2.45, 2.75) is 24.9 Å². The number of nitrogens with zero attached hydrogens (tertiary/aromatic N) is 2. The smallest absolute Gasteiger partial charge is 0.0931 e. The van der Waals surface area contributed by atoms with Crippen molar-refractivity contribution in [3.63, 3.8) is 0 Å². The third-order valence-corrected chi connectivity index (χ3v) is 5.54. The molecule has 3 rings (SSSR count). The SMILES string of the molecule is NCC(c1ccc(Cl)s1)N1CCN2CCCC2C1. The van der Waals surface area contributed by atoms with Crippen LogP contribution in [0.4, 0.5) is 0 Å². The standard InChI is InChI=1S/C13H20ClN3S/c14-13-4-3-12(18-13)11(8-15)17-7-6-16-5-1-2-10(16)9-17/h3-4,10-11H,1-2,5-9,15H2. The van der Waals surface area contributed by atoms with Crippen molar-refractivity contribution >= 4 is 22.9 Å². The molecule has 3 heterocycles. The van der Waals surface area contributed by atoms with Gasteiger partial charge in [0.05, 0.1) is 10.4 Å². The van der Waals surface area contributed by atoms with Gasteiger partial charge in [0, 0.05) is 37.1 Å². The van der Waals surface area contributed by atoms with Crippen molar-refractivity contribution in [1.29, 1.82) is 0 Å². The highest BCUT2D eigenvalue weighted by Crippen LogP contribution is 2.32. The molecule has 0 bridgehead atoms. The number of thiophene rings is 1. The quantitative estimate of drug-likeness (QED) is 0.924. The molecule has 0 aromatic carbocycles. The van der Waals surface area contributed by atoms with Gasteiger partial charge in [-0.2, -0.15) is 0 Å². The summed E-state index contributed by atoms with van der Waals surface area (Å²) in [6.45, 7) is 5.46. The fraction of sp³-hybridized carbons (Fsp3) is 0.692. The number of piperazine rings is 1. The van der Waals surface area contributed by atoms with Gasteiger partial charge in [0.25, 0.3) is 0 Å². The maximum Gasteiger partial charge on any atom is 0.0931 e. The Labute approximate surface area is 118 Å². The molecule has 1 aromatic heterocycles. The summed E-state index contributed by atoms with van der Waals surface area (Å²) in [5.74, 6) is 0. The van der Waals surface area contributed by atoms with Crippen LogP contribution in [-0.2, 0) is 0 Å². The third kappa shape index (κ3) is 2.45. The molecule has 2 aliphatic heterocycles. The zero-order chi connectivity index (χ0) is 12.5. The summed E-state index contributed by atoms with van der Waals surface area (Å²) in [5, 5.41) is 0. The lowest BCUT2D eigenvalue weighted by Gasteiger charge is -2.41. The molecule has 2 unspecified atom stereocenters. The number of halogens is 1. The van der Waals surface area contributed by atoms with Crippen molar-refractivity contribution in [2.75, 3.05) is 32.7 Å². The zero-order valence-corrected chi connectivity index (χ0v) is 12.1. The van der Waals surface area contributed by atoms with E-state index in [9.17, 15) is 0 Å². The zero-order valence-electron chi connectivity index (χ0n) is 10.5. The van der Waals surface area contributed by atoms with Gasteiger partial charge < -0.3 is 5.73 Å². The van der Waals surface area contributed by atoms with Gasteiger partial charge in [0.2, 0.25) is 0 Å². The van der Waals surface area contributed by atoms with E-state index in [4.69, 9.17) is 17.3 Å². The summed E-state index contributed by atoms with van der Waals surface area (Å²) in [6.07, 6.45) is 2.70. The van der Waals surface area contributed by atoms with Crippen molar-refractivity contribution in [2.24, 2.45) is 5.73 Å². The average Bonchev–Trinajstić information content (AvgIpc) is 2.99. The molecule has 0 radical (unpaired) electrons. The van der Waals surface area contributed by atoms with Crippen LogP contribution in [0, 0.1) is 0 Å². The monoisotopic (exact) mass is 285 g/mol. The van der Waals surface area contributed by atoms with Crippen LogP contribution in [0.25, 0.3) is 0 Å². The highest BCUT2D eigenvalue weighted by Gasteiger charge is 2.33. The summed E-state index contributed by atoms with van der Waals surface area (Å²) >= 11 is 7.71. The van der Waals surface area contributed by atoms with E-state index in [1.165, 1.54) is 30.8 Å². The summed E-state index contributed by atoms with van der Waals surface area (Å²) in [4.78, 5) is 6.49. The van der Waals surface area contributed by atoms with E-state index >= 15 is 0 Å². The molecule has 1 aromatic rings. The minimum Gasteiger partial charge on any atom is -0.329 e. The van der Waals surface area contributed by atoms with Crippen LogP contribution in [0.3, 0.4) is 0 Å². The van der Waals surface area contributed by atoms with Crippen LogP contribution in [0.5, 0.6) is 0 Å². The Morgan fingerprint density at radius 2 is 2.28 bits per heavy atom. The van der Waals surface area contributed by atoms with Crippen molar-refractivity contribution < 1.29 is 0 Å². The maximum atomic E-state index is 6.04. The largest absolute Gasteiger partial charge is 0.329 e. The number of nitrogens with two attached hydrogens (primary N) is 1. The highest BCUT2D eigenvalue weighted by atomic mass is 35.5. The normalized spacial score (nSPS) is 27.3. The van der Waals surface area contributed by atoms with Gasteiger partial charge in [-0.05, 0) is 31.5 Å². The predicted molar refractivity (Wildman–Crippen MR) is 77.3 cm³/mol. The van der Waals surface area contributed by atoms with E-state index in [-0.39, 0.29) is 0 Å². The topological polar surface area (TPSA) is 32.5 Å². The first-order chi connectivity index (χ1) is 8.78. The van der Waals surface area contributed by atoms with E-state index in [0.717, 1.165) is 23.5 Å². The molecule has 0 saturated carbocycles. The van der Waals surface area contributed by atoms with Crippen LogP contribution >= 0.6 is 22.9 Å². The molecule has 0 spiro atoms. The Morgan fingerprint density at radius 1 is 1.39 bits per heavy atom. The van der Waals surface area contributed by atoms with E-state index in [1.54, 1.807) is 11.3 Å². The Hall–Kier alpha value is -0.130.